The van der Waals surface area contributed by atoms with Crippen molar-refractivity contribution in [1.29, 1.82) is 0 Å². The molecule has 358 valence electrons. The maximum atomic E-state index is 2.97. The number of hydrogen-bond acceptors (Lipinski definition) is 0. The fourth-order valence-corrected chi connectivity index (χ4v) is 34.7. The summed E-state index contributed by atoms with van der Waals surface area (Å²) in [6, 6.07) is 29.7. The van der Waals surface area contributed by atoms with Gasteiger partial charge in [0.15, 0.2) is 0 Å². The van der Waals surface area contributed by atoms with E-state index >= 15 is 0 Å². The molecule has 2 fully saturated rings. The molecule has 0 amide bonds. The Hall–Kier alpha value is -1.96. The van der Waals surface area contributed by atoms with Crippen LogP contribution in [0.4, 0.5) is 0 Å². The predicted molar refractivity (Wildman–Crippen MR) is 297 cm³/mol. The quantitative estimate of drug-likeness (QED) is 0.124. The van der Waals surface area contributed by atoms with E-state index in [0.717, 1.165) is 0 Å². The number of hydrogen-bond donors (Lipinski definition) is 0. The second kappa shape index (κ2) is 22.4. The molecular weight excluding hydrogens is 935 g/mol. The van der Waals surface area contributed by atoms with Gasteiger partial charge in [-0.1, -0.05) is 0 Å². The van der Waals surface area contributed by atoms with Crippen LogP contribution in [0.2, 0.25) is 9.26 Å². The Kier molecular flexibility index (Phi) is 18.1. The molecule has 4 aromatic carbocycles. The Balaban J connectivity index is 0.00000360. The van der Waals surface area contributed by atoms with E-state index in [0.29, 0.717) is 18.1 Å². The first-order chi connectivity index (χ1) is 30.7. The van der Waals surface area contributed by atoms with Gasteiger partial charge >= 0.3 is 397 Å². The van der Waals surface area contributed by atoms with Gasteiger partial charge in [0.1, 0.15) is 0 Å². The number of fused-ring (bicyclic) bond motifs is 2. The Morgan fingerprint density at radius 1 is 0.485 bits per heavy atom. The summed E-state index contributed by atoms with van der Waals surface area (Å²) in [6.45, 7) is 16.7. The first-order valence-corrected chi connectivity index (χ1v) is 40.3. The molecule has 0 aliphatic heterocycles. The van der Waals surface area contributed by atoms with Crippen molar-refractivity contribution in [1.82, 2.24) is 0 Å². The van der Waals surface area contributed by atoms with Gasteiger partial charge in [0, 0.05) is 0 Å². The van der Waals surface area contributed by atoms with Gasteiger partial charge in [0.25, 0.3) is 0 Å². The van der Waals surface area contributed by atoms with Crippen LogP contribution in [0.1, 0.15) is 207 Å². The smallest absolute Gasteiger partial charge is 0.147 e. The minimum Gasteiger partial charge on any atom is -0.147 e. The van der Waals surface area contributed by atoms with Gasteiger partial charge in [-0.05, 0) is 0 Å². The van der Waals surface area contributed by atoms with Crippen LogP contribution in [0.25, 0.3) is 34.4 Å². The van der Waals surface area contributed by atoms with E-state index in [9.17, 15) is 0 Å². The average molecular weight is 1020 g/mol. The molecule has 66 heavy (non-hydrogen) atoms. The second-order valence-corrected chi connectivity index (χ2v) is 54.2. The van der Waals surface area contributed by atoms with Crippen molar-refractivity contribution in [2.24, 2.45) is 10.8 Å². The van der Waals surface area contributed by atoms with Gasteiger partial charge in [-0.2, -0.15) is 0 Å². The van der Waals surface area contributed by atoms with Gasteiger partial charge in [-0.15, -0.1) is 24.8 Å². The maximum Gasteiger partial charge on any atom is -0.147 e. The molecule has 0 aromatic heterocycles. The minimum atomic E-state index is -4.08. The van der Waals surface area contributed by atoms with Gasteiger partial charge in [0.2, 0.25) is 0 Å². The maximum absolute atomic E-state index is 4.08. The summed E-state index contributed by atoms with van der Waals surface area (Å²) < 4.78 is 6.99. The molecule has 2 atom stereocenters. The van der Waals surface area contributed by atoms with Crippen LogP contribution in [0, 0.1) is 38.5 Å². The summed E-state index contributed by atoms with van der Waals surface area (Å²) in [6.07, 6.45) is 36.2. The third-order valence-electron chi connectivity index (χ3n) is 17.3. The molecule has 0 radical (unpaired) electrons. The zero-order chi connectivity index (χ0) is 45.1. The number of benzene rings is 4. The molecular formula is C62H88Cl2SiZr. The average Bonchev–Trinajstić information content (AvgIpc) is 3.86. The van der Waals surface area contributed by atoms with Gasteiger partial charge in [-0.3, -0.25) is 0 Å². The SMILES string of the molecule is CCCC1(CC2=Cc3c(-c4cc(C)cc(C)c4)cccc3[CH]2[Zr]([CH3])([CH3])(=[SiH2])[CH]2C(CC3(CCC)CCCCCCCC3)=Cc3c(-c4cc(C)cc(C)c4)cccc32)CCCCCCCC1.Cl.Cl. The summed E-state index contributed by atoms with van der Waals surface area (Å²) in [5, 5.41) is 0. The first kappa shape index (κ1) is 53.4. The van der Waals surface area contributed by atoms with Crippen LogP contribution >= 0.6 is 24.8 Å². The summed E-state index contributed by atoms with van der Waals surface area (Å²) in [7, 11) is 0. The molecule has 0 N–H and O–H groups in total. The Bertz CT molecular complexity index is 2220. The van der Waals surface area contributed by atoms with Crippen LogP contribution in [0.3, 0.4) is 0 Å². The van der Waals surface area contributed by atoms with Crippen LogP contribution in [0.15, 0.2) is 83.9 Å². The molecule has 0 spiro atoms. The van der Waals surface area contributed by atoms with Crippen LogP contribution in [0.5, 0.6) is 0 Å². The van der Waals surface area contributed by atoms with E-state index in [1.165, 1.54) is 186 Å². The fraction of sp³-hybridized carbons (Fsp3) is 0.548. The number of rotatable bonds is 12. The Morgan fingerprint density at radius 2 is 0.803 bits per heavy atom. The molecule has 4 aromatic rings. The third-order valence-corrected chi connectivity index (χ3v) is 34.8. The van der Waals surface area contributed by atoms with Gasteiger partial charge in [-0.25, -0.2) is 0 Å². The second-order valence-electron chi connectivity index (χ2n) is 23.7. The van der Waals surface area contributed by atoms with E-state index in [4.69, 9.17) is 0 Å². The fourth-order valence-electron chi connectivity index (χ4n) is 15.0. The van der Waals surface area contributed by atoms with Crippen molar-refractivity contribution in [2.75, 3.05) is 0 Å². The molecule has 0 nitrogen and oxygen atoms in total. The largest absolute Gasteiger partial charge is 0.147 e. The summed E-state index contributed by atoms with van der Waals surface area (Å²) in [4.78, 5) is 0. The molecule has 0 saturated heterocycles. The molecule has 4 heteroatoms. The number of aryl methyl sites for hydroxylation is 4. The molecule has 2 saturated carbocycles. The van der Waals surface area contributed by atoms with E-state index in [1.54, 1.807) is 22.3 Å². The summed E-state index contributed by atoms with van der Waals surface area (Å²) in [5.74, 6) is 0. The van der Waals surface area contributed by atoms with Crippen molar-refractivity contribution >= 4 is 43.8 Å². The Labute approximate surface area is 418 Å². The van der Waals surface area contributed by atoms with Crippen molar-refractivity contribution in [3.05, 3.63) is 128 Å². The van der Waals surface area contributed by atoms with E-state index in [1.807, 2.05) is 11.1 Å². The standard InChI is InChI=1S/2C30H39.2CH3.2ClH.H2Si.Zr/c2*1-4-14-30(15-9-7-5-6-8-10-16-30)22-25-20-26-12-11-13-28(29(26)21-25)27-18-23(2)17-24(3)19-27;;;;;;/h2*11-13,17-21H,4-10,14-16,22H2,1-3H3;2*1H3;2*1H;1H2;. The normalized spacial score (nSPS) is 20.9. The van der Waals surface area contributed by atoms with Crippen LogP contribution in [-0.4, -0.2) is 6.88 Å². The van der Waals surface area contributed by atoms with E-state index in [2.05, 4.69) is 143 Å². The molecule has 4 aliphatic rings. The number of allylic oxidation sites excluding steroid dienone is 2. The molecule has 2 unspecified atom stereocenters. The predicted octanol–water partition coefficient (Wildman–Crippen LogP) is 19.6. The van der Waals surface area contributed by atoms with E-state index < -0.39 is 17.4 Å². The van der Waals surface area contributed by atoms with Crippen LogP contribution < -0.4 is 0 Å². The monoisotopic (exact) mass is 1020 g/mol. The topological polar surface area (TPSA) is 0 Å². The van der Waals surface area contributed by atoms with Crippen molar-refractivity contribution < 1.29 is 17.4 Å². The molecule has 0 bridgehead atoms. The van der Waals surface area contributed by atoms with Gasteiger partial charge in [0.05, 0.1) is 0 Å². The zero-order valence-electron chi connectivity index (χ0n) is 42.8. The van der Waals surface area contributed by atoms with Gasteiger partial charge < -0.3 is 0 Å². The molecule has 4 aliphatic carbocycles. The van der Waals surface area contributed by atoms with E-state index in [-0.39, 0.29) is 24.8 Å². The number of halogens is 2. The summed E-state index contributed by atoms with van der Waals surface area (Å²) >= 11 is -4.08. The van der Waals surface area contributed by atoms with Crippen LogP contribution in [-0.2, 0) is 17.4 Å². The van der Waals surface area contributed by atoms with Crippen molar-refractivity contribution in [2.45, 2.75) is 199 Å². The molecule has 0 heterocycles. The Morgan fingerprint density at radius 3 is 1.12 bits per heavy atom. The molecule has 8 rings (SSSR count). The third kappa shape index (κ3) is 11.5. The zero-order valence-corrected chi connectivity index (χ0v) is 48.3. The van der Waals surface area contributed by atoms with Crippen molar-refractivity contribution in [3.63, 3.8) is 0 Å². The first-order valence-electron chi connectivity index (χ1n) is 26.6. The minimum absolute atomic E-state index is 0. The summed E-state index contributed by atoms with van der Waals surface area (Å²) in [5.41, 5.74) is 22.1. The van der Waals surface area contributed by atoms with Crippen molar-refractivity contribution in [3.8, 4) is 22.3 Å².